The molecule has 1 unspecified atom stereocenters. The van der Waals surface area contributed by atoms with E-state index in [1.54, 1.807) is 9.80 Å². The van der Waals surface area contributed by atoms with Crippen LogP contribution >= 0.6 is 0 Å². The summed E-state index contributed by atoms with van der Waals surface area (Å²) in [5.41, 5.74) is -0.597. The van der Waals surface area contributed by atoms with Gasteiger partial charge >= 0.3 is 18.3 Å². The third kappa shape index (κ3) is 11.9. The summed E-state index contributed by atoms with van der Waals surface area (Å²) in [6.07, 6.45) is 10.1. The fourth-order valence-corrected chi connectivity index (χ4v) is 6.55. The molecule has 0 bridgehead atoms. The van der Waals surface area contributed by atoms with Crippen LogP contribution in [0.4, 0.5) is 14.4 Å². The van der Waals surface area contributed by atoms with Crippen molar-refractivity contribution in [3.8, 4) is 0 Å². The van der Waals surface area contributed by atoms with Crippen molar-refractivity contribution >= 4 is 36.1 Å². The number of rotatable bonds is 9. The predicted octanol–water partition coefficient (Wildman–Crippen LogP) is 3.93. The maximum Gasteiger partial charge on any atom is 0.413 e. The number of β-lactam (4-membered cyclic amide) rings is 1. The van der Waals surface area contributed by atoms with E-state index in [9.17, 15) is 24.0 Å². The monoisotopic (exact) mass is 662 g/mol. The number of carbonyl (C=O) groups excluding carboxylic acids is 5. The van der Waals surface area contributed by atoms with Gasteiger partial charge in [0.15, 0.2) is 0 Å². The Morgan fingerprint density at radius 1 is 0.809 bits per heavy atom. The second kappa shape index (κ2) is 17.5. The molecular weight excluding hydrogens is 608 g/mol. The molecule has 5 amide bonds. The topological polar surface area (TPSA) is 168 Å². The Bertz CT molecular complexity index is 1080. The van der Waals surface area contributed by atoms with Crippen LogP contribution in [0.25, 0.3) is 0 Å². The molecule has 4 fully saturated rings. The summed E-state index contributed by atoms with van der Waals surface area (Å²) in [6, 6.07) is -0.639. The van der Waals surface area contributed by atoms with E-state index >= 15 is 0 Å². The van der Waals surface area contributed by atoms with Gasteiger partial charge in [0, 0.05) is 32.7 Å². The number of amides is 5. The second-order valence-corrected chi connectivity index (χ2v) is 14.2. The van der Waals surface area contributed by atoms with Crippen LogP contribution in [0, 0.1) is 17.8 Å². The maximum atomic E-state index is 13.2. The molecule has 14 heteroatoms. The molecule has 2 heterocycles. The van der Waals surface area contributed by atoms with E-state index in [1.807, 2.05) is 20.8 Å². The highest BCUT2D eigenvalue weighted by molar-refractivity contribution is 6.01. The second-order valence-electron chi connectivity index (χ2n) is 14.2. The minimum Gasteiger partial charge on any atom is -0.449 e. The molecule has 3 N–H and O–H groups in total. The lowest BCUT2D eigenvalue weighted by Crippen LogP contribution is -2.66. The number of nitrogens with zero attached hydrogens (tertiary/aromatic N) is 3. The van der Waals surface area contributed by atoms with Crippen LogP contribution in [0.3, 0.4) is 0 Å². The van der Waals surface area contributed by atoms with Crippen LogP contribution in [0.2, 0.25) is 0 Å². The summed E-state index contributed by atoms with van der Waals surface area (Å²) in [5.74, 6) is -0.281. The largest absolute Gasteiger partial charge is 0.449 e. The zero-order valence-corrected chi connectivity index (χ0v) is 28.4. The summed E-state index contributed by atoms with van der Waals surface area (Å²) in [5, 5.41) is 7.81. The lowest BCUT2D eigenvalue weighted by Gasteiger charge is -2.41. The summed E-state index contributed by atoms with van der Waals surface area (Å²) < 4.78 is 16.3. The number of guanidine groups is 1. The minimum absolute atomic E-state index is 0.0687. The van der Waals surface area contributed by atoms with Crippen molar-refractivity contribution in [3.63, 3.8) is 0 Å². The first kappa shape index (κ1) is 36.3. The molecule has 2 aliphatic carbocycles. The SMILES string of the molecule is CC(C)(C)OC(=O)N1CCN(C(=O)C2NC(=O)[C@@H]2CCCN=C(NC(=O)OCC2CCCCC2)NC(=O)OCC2CCCCC2)CC1. The average Bonchev–Trinajstić information content (AvgIpc) is 3.05. The Morgan fingerprint density at radius 3 is 1.81 bits per heavy atom. The van der Waals surface area contributed by atoms with E-state index in [1.165, 1.54) is 12.8 Å². The number of piperazine rings is 1. The zero-order valence-electron chi connectivity index (χ0n) is 28.4. The lowest BCUT2D eigenvalue weighted by atomic mass is 9.85. The van der Waals surface area contributed by atoms with Crippen molar-refractivity contribution in [2.45, 2.75) is 109 Å². The van der Waals surface area contributed by atoms with Gasteiger partial charge in [-0.05, 0) is 71.1 Å². The third-order valence-corrected chi connectivity index (χ3v) is 9.28. The first-order chi connectivity index (χ1) is 22.5. The molecule has 264 valence electrons. The Morgan fingerprint density at radius 2 is 1.32 bits per heavy atom. The molecule has 2 aliphatic heterocycles. The Balaban J connectivity index is 1.24. The van der Waals surface area contributed by atoms with Crippen molar-refractivity contribution in [2.24, 2.45) is 22.7 Å². The van der Waals surface area contributed by atoms with Crippen molar-refractivity contribution in [3.05, 3.63) is 0 Å². The summed E-state index contributed by atoms with van der Waals surface area (Å²) >= 11 is 0. The van der Waals surface area contributed by atoms with Gasteiger partial charge in [0.1, 0.15) is 11.6 Å². The van der Waals surface area contributed by atoms with Crippen molar-refractivity contribution in [1.29, 1.82) is 0 Å². The van der Waals surface area contributed by atoms with E-state index < -0.39 is 35.8 Å². The standard InChI is InChI=1S/C33H54N6O8/c1-33(2,3)47-32(44)39-19-17-38(18-20-39)28(41)26-25(27(40)35-26)15-10-16-34-29(36-30(42)45-21-23-11-6-4-7-12-23)37-31(43)46-22-24-13-8-5-9-14-24/h23-26H,4-22H2,1-3H3,(H,35,40)(H2,34,36,37,42,43)/t25-,26?/m1/s1. The normalized spacial score (nSPS) is 22.3. The molecule has 0 radical (unpaired) electrons. The molecule has 4 aliphatic rings. The molecule has 0 aromatic heterocycles. The van der Waals surface area contributed by atoms with Gasteiger partial charge < -0.3 is 29.3 Å². The van der Waals surface area contributed by atoms with Gasteiger partial charge in [-0.2, -0.15) is 0 Å². The molecule has 0 aromatic rings. The Kier molecular flexibility index (Phi) is 13.5. The van der Waals surface area contributed by atoms with Crippen LogP contribution < -0.4 is 16.0 Å². The van der Waals surface area contributed by atoms with Gasteiger partial charge in [-0.3, -0.25) is 25.2 Å². The van der Waals surface area contributed by atoms with Crippen LogP contribution in [0.5, 0.6) is 0 Å². The van der Waals surface area contributed by atoms with Gasteiger partial charge in [0.25, 0.3) is 0 Å². The minimum atomic E-state index is -0.697. The van der Waals surface area contributed by atoms with E-state index in [2.05, 4.69) is 20.9 Å². The maximum absolute atomic E-state index is 13.2. The number of carbonyl (C=O) groups is 5. The first-order valence-corrected chi connectivity index (χ1v) is 17.5. The van der Waals surface area contributed by atoms with Crippen molar-refractivity contribution < 1.29 is 38.2 Å². The zero-order chi connectivity index (χ0) is 33.8. The lowest BCUT2D eigenvalue weighted by molar-refractivity contribution is -0.150. The Labute approximate surface area is 278 Å². The van der Waals surface area contributed by atoms with Gasteiger partial charge in [-0.25, -0.2) is 14.4 Å². The fourth-order valence-electron chi connectivity index (χ4n) is 6.55. The van der Waals surface area contributed by atoms with Crippen LogP contribution in [0.15, 0.2) is 4.99 Å². The highest BCUT2D eigenvalue weighted by Gasteiger charge is 2.45. The molecule has 2 atom stereocenters. The number of hydrogen-bond acceptors (Lipinski definition) is 9. The molecule has 0 aromatic carbocycles. The number of hydrogen-bond donors (Lipinski definition) is 3. The molecule has 2 saturated carbocycles. The number of alkyl carbamates (subject to hydrolysis) is 2. The van der Waals surface area contributed by atoms with E-state index in [4.69, 9.17) is 14.2 Å². The molecule has 2 saturated heterocycles. The van der Waals surface area contributed by atoms with Gasteiger partial charge in [0.2, 0.25) is 17.8 Å². The summed E-state index contributed by atoms with van der Waals surface area (Å²) in [4.78, 5) is 70.7. The first-order valence-electron chi connectivity index (χ1n) is 17.5. The van der Waals surface area contributed by atoms with Crippen molar-refractivity contribution in [2.75, 3.05) is 45.9 Å². The van der Waals surface area contributed by atoms with E-state index in [0.29, 0.717) is 64.1 Å². The predicted molar refractivity (Wildman–Crippen MR) is 173 cm³/mol. The number of ether oxygens (including phenoxy) is 3. The summed E-state index contributed by atoms with van der Waals surface area (Å²) in [6.45, 7) is 7.67. The number of aliphatic imine (C=N–C) groups is 1. The highest BCUT2D eigenvalue weighted by Crippen LogP contribution is 2.25. The van der Waals surface area contributed by atoms with Gasteiger partial charge in [-0.1, -0.05) is 38.5 Å². The van der Waals surface area contributed by atoms with Gasteiger partial charge in [-0.15, -0.1) is 0 Å². The summed E-state index contributed by atoms with van der Waals surface area (Å²) in [7, 11) is 0. The Hall–Kier alpha value is -3.58. The quantitative estimate of drug-likeness (QED) is 0.110. The highest BCUT2D eigenvalue weighted by atomic mass is 16.6. The number of nitrogens with one attached hydrogen (secondary N) is 3. The molecular formula is C33H54N6O8. The van der Waals surface area contributed by atoms with Gasteiger partial charge in [0.05, 0.1) is 19.1 Å². The van der Waals surface area contributed by atoms with Crippen LogP contribution in [0.1, 0.15) is 97.8 Å². The molecule has 47 heavy (non-hydrogen) atoms. The smallest absolute Gasteiger partial charge is 0.413 e. The van der Waals surface area contributed by atoms with E-state index in [-0.39, 0.29) is 24.3 Å². The average molecular weight is 663 g/mol. The van der Waals surface area contributed by atoms with Crippen molar-refractivity contribution in [1.82, 2.24) is 25.8 Å². The fraction of sp³-hybridized carbons (Fsp3) is 0.818. The van der Waals surface area contributed by atoms with Crippen LogP contribution in [-0.4, -0.2) is 103 Å². The molecule has 0 spiro atoms. The van der Waals surface area contributed by atoms with E-state index in [0.717, 1.165) is 51.4 Å². The molecule has 14 nitrogen and oxygen atoms in total. The molecule has 4 rings (SSSR count). The van der Waals surface area contributed by atoms with Crippen LogP contribution in [-0.2, 0) is 23.8 Å². The third-order valence-electron chi connectivity index (χ3n) is 9.28.